The van der Waals surface area contributed by atoms with Gasteiger partial charge in [0.25, 0.3) is 5.91 Å². The van der Waals surface area contributed by atoms with E-state index < -0.39 is 0 Å². The number of amides is 1. The molecule has 1 saturated carbocycles. The van der Waals surface area contributed by atoms with Crippen molar-refractivity contribution in [3.63, 3.8) is 0 Å². The summed E-state index contributed by atoms with van der Waals surface area (Å²) in [7, 11) is 0. The number of nitrogens with zero attached hydrogens (tertiary/aromatic N) is 1. The lowest BCUT2D eigenvalue weighted by Crippen LogP contribution is -2.46. The Labute approximate surface area is 162 Å². The number of phenolic OH excluding ortho intramolecular Hbond substituents is 1. The lowest BCUT2D eigenvalue weighted by Gasteiger charge is -2.36. The van der Waals surface area contributed by atoms with Crippen LogP contribution in [-0.2, 0) is 6.54 Å². The summed E-state index contributed by atoms with van der Waals surface area (Å²) in [6.45, 7) is 8.19. The highest BCUT2D eigenvalue weighted by Gasteiger charge is 2.32. The number of hydrogen-bond donors (Lipinski definition) is 3. The van der Waals surface area contributed by atoms with Crippen molar-refractivity contribution in [1.82, 2.24) is 10.2 Å². The van der Waals surface area contributed by atoms with E-state index in [1.807, 2.05) is 11.0 Å². The van der Waals surface area contributed by atoms with Gasteiger partial charge in [-0.1, -0.05) is 19.9 Å². The topological polar surface area (TPSA) is 72.8 Å². The van der Waals surface area contributed by atoms with Crippen molar-refractivity contribution in [2.24, 2.45) is 17.8 Å². The molecule has 1 unspecified atom stereocenters. The van der Waals surface area contributed by atoms with Crippen LogP contribution >= 0.6 is 0 Å². The van der Waals surface area contributed by atoms with Gasteiger partial charge in [0.1, 0.15) is 5.75 Å². The molecule has 3 rings (SSSR count). The molecule has 2 atom stereocenters. The maximum atomic E-state index is 12.6. The molecule has 1 aliphatic carbocycles. The molecule has 1 aromatic rings. The summed E-state index contributed by atoms with van der Waals surface area (Å²) < 4.78 is 0. The number of benzene rings is 1. The number of aromatic hydroxyl groups is 1. The van der Waals surface area contributed by atoms with Crippen molar-refractivity contribution in [2.45, 2.75) is 65.1 Å². The zero-order valence-electron chi connectivity index (χ0n) is 16.8. The Kier molecular flexibility index (Phi) is 6.43. The van der Waals surface area contributed by atoms with E-state index in [-0.39, 0.29) is 24.3 Å². The van der Waals surface area contributed by atoms with Crippen molar-refractivity contribution < 1.29 is 15.0 Å². The monoisotopic (exact) mass is 374 g/mol. The molecule has 1 amide bonds. The van der Waals surface area contributed by atoms with Gasteiger partial charge in [-0.05, 0) is 68.1 Å². The van der Waals surface area contributed by atoms with Gasteiger partial charge in [0.2, 0.25) is 0 Å². The van der Waals surface area contributed by atoms with Gasteiger partial charge in [0, 0.05) is 30.7 Å². The molecule has 1 aliphatic heterocycles. The number of carbonyl (C=O) groups is 1. The Hall–Kier alpha value is -1.59. The second-order valence-electron chi connectivity index (χ2n) is 8.80. The first-order valence-corrected chi connectivity index (χ1v) is 10.4. The highest BCUT2D eigenvalue weighted by atomic mass is 16.3. The minimum absolute atomic E-state index is 0.0563. The Morgan fingerprint density at radius 1 is 1.19 bits per heavy atom. The molecule has 1 fully saturated rings. The van der Waals surface area contributed by atoms with Crippen molar-refractivity contribution in [3.8, 4) is 5.75 Å². The highest BCUT2D eigenvalue weighted by molar-refractivity contribution is 5.98. The van der Waals surface area contributed by atoms with E-state index in [1.165, 1.54) is 12.8 Å². The van der Waals surface area contributed by atoms with Gasteiger partial charge in [-0.25, -0.2) is 0 Å². The lowest BCUT2D eigenvalue weighted by atomic mass is 9.78. The molecule has 0 bridgehead atoms. The van der Waals surface area contributed by atoms with Crippen molar-refractivity contribution in [2.75, 3.05) is 13.2 Å². The van der Waals surface area contributed by atoms with Gasteiger partial charge in [0.05, 0.1) is 6.61 Å². The minimum Gasteiger partial charge on any atom is -0.508 e. The second kappa shape index (κ2) is 8.61. The third kappa shape index (κ3) is 4.64. The number of hydrogen-bond acceptors (Lipinski definition) is 4. The van der Waals surface area contributed by atoms with Crippen LogP contribution in [0.1, 0.15) is 62.4 Å². The Balaban J connectivity index is 1.48. The van der Waals surface area contributed by atoms with E-state index in [9.17, 15) is 15.0 Å². The van der Waals surface area contributed by atoms with Crippen LogP contribution in [0.25, 0.3) is 0 Å². The Morgan fingerprint density at radius 3 is 2.52 bits per heavy atom. The molecule has 150 valence electrons. The molecule has 27 heavy (non-hydrogen) atoms. The average molecular weight is 375 g/mol. The normalized spacial score (nSPS) is 24.9. The summed E-state index contributed by atoms with van der Waals surface area (Å²) in [4.78, 5) is 14.5. The number of phenols is 1. The molecule has 0 spiro atoms. The number of aliphatic hydroxyl groups excluding tert-OH is 1. The van der Waals surface area contributed by atoms with Crippen LogP contribution in [0.3, 0.4) is 0 Å². The van der Waals surface area contributed by atoms with E-state index in [2.05, 4.69) is 26.1 Å². The smallest absolute Gasteiger partial charge is 0.254 e. The predicted molar refractivity (Wildman–Crippen MR) is 107 cm³/mol. The molecule has 5 heteroatoms. The van der Waals surface area contributed by atoms with Crippen LogP contribution in [0.5, 0.6) is 5.75 Å². The Bertz CT molecular complexity index is 653. The maximum Gasteiger partial charge on any atom is 0.254 e. The van der Waals surface area contributed by atoms with Crippen molar-refractivity contribution >= 4 is 5.91 Å². The molecule has 0 aromatic heterocycles. The molecule has 1 heterocycles. The molecule has 0 radical (unpaired) electrons. The zero-order valence-corrected chi connectivity index (χ0v) is 16.8. The standard InChI is InChI=1S/C22H34N2O3/c1-14(2)21(13-25)23-15(3)17-6-4-16(5-7-17)11-24-12-18-8-9-19(26)10-20(18)22(24)27/h8-10,14-17,21,23,25-26H,4-7,11-13H2,1-3H3/t15?,16-,17-,21-/m1/s1. The summed E-state index contributed by atoms with van der Waals surface area (Å²) in [6, 6.07) is 5.68. The molecule has 2 aliphatic rings. The summed E-state index contributed by atoms with van der Waals surface area (Å²) in [5.74, 6) is 1.84. The van der Waals surface area contributed by atoms with Gasteiger partial charge < -0.3 is 20.4 Å². The second-order valence-corrected chi connectivity index (χ2v) is 8.80. The van der Waals surface area contributed by atoms with Gasteiger partial charge in [-0.15, -0.1) is 0 Å². The van der Waals surface area contributed by atoms with Crippen LogP contribution in [0.2, 0.25) is 0 Å². The minimum atomic E-state index is 0.0563. The van der Waals surface area contributed by atoms with E-state index >= 15 is 0 Å². The molecule has 1 aromatic carbocycles. The maximum absolute atomic E-state index is 12.6. The third-order valence-electron chi connectivity index (χ3n) is 6.53. The molecule has 3 N–H and O–H groups in total. The number of aliphatic hydroxyl groups is 1. The number of rotatable bonds is 7. The number of fused-ring (bicyclic) bond motifs is 1. The molecule has 0 saturated heterocycles. The van der Waals surface area contributed by atoms with E-state index in [1.54, 1.807) is 12.1 Å². The number of carbonyl (C=O) groups excluding carboxylic acids is 1. The first-order valence-electron chi connectivity index (χ1n) is 10.4. The van der Waals surface area contributed by atoms with Gasteiger partial charge in [-0.3, -0.25) is 4.79 Å². The van der Waals surface area contributed by atoms with Crippen molar-refractivity contribution in [1.29, 1.82) is 0 Å². The Morgan fingerprint density at radius 2 is 1.89 bits per heavy atom. The first kappa shape index (κ1) is 20.2. The van der Waals surface area contributed by atoms with Crippen molar-refractivity contribution in [3.05, 3.63) is 29.3 Å². The fourth-order valence-corrected chi connectivity index (χ4v) is 4.61. The SMILES string of the molecule is CC(C)[C@@H](CO)NC(C)[C@H]1CC[C@H](CN2Cc3ccc(O)cc3C2=O)CC1. The zero-order chi connectivity index (χ0) is 19.6. The van der Waals surface area contributed by atoms with Gasteiger partial charge in [0.15, 0.2) is 0 Å². The van der Waals surface area contributed by atoms with Crippen LogP contribution in [-0.4, -0.2) is 46.3 Å². The van der Waals surface area contributed by atoms with Crippen LogP contribution < -0.4 is 5.32 Å². The molecular weight excluding hydrogens is 340 g/mol. The van der Waals surface area contributed by atoms with Crippen LogP contribution in [0, 0.1) is 17.8 Å². The molecule has 5 nitrogen and oxygen atoms in total. The quantitative estimate of drug-likeness (QED) is 0.685. The summed E-state index contributed by atoms with van der Waals surface area (Å²) in [5.41, 5.74) is 1.68. The van der Waals surface area contributed by atoms with Gasteiger partial charge >= 0.3 is 0 Å². The average Bonchev–Trinajstić information content (AvgIpc) is 2.95. The van der Waals surface area contributed by atoms with E-state index in [4.69, 9.17) is 0 Å². The van der Waals surface area contributed by atoms with Gasteiger partial charge in [-0.2, -0.15) is 0 Å². The van der Waals surface area contributed by atoms with Crippen LogP contribution in [0.4, 0.5) is 0 Å². The summed E-state index contributed by atoms with van der Waals surface area (Å²) >= 11 is 0. The molecular formula is C22H34N2O3. The fourth-order valence-electron chi connectivity index (χ4n) is 4.61. The summed E-state index contributed by atoms with van der Waals surface area (Å²) in [6.07, 6.45) is 4.64. The lowest BCUT2D eigenvalue weighted by molar-refractivity contribution is 0.0722. The van der Waals surface area contributed by atoms with Crippen LogP contribution in [0.15, 0.2) is 18.2 Å². The highest BCUT2D eigenvalue weighted by Crippen LogP contribution is 2.34. The predicted octanol–water partition coefficient (Wildman–Crippen LogP) is 3.15. The first-order chi connectivity index (χ1) is 12.9. The fraction of sp³-hybridized carbons (Fsp3) is 0.682. The number of nitrogens with one attached hydrogen (secondary N) is 1. The third-order valence-corrected chi connectivity index (χ3v) is 6.53. The summed E-state index contributed by atoms with van der Waals surface area (Å²) in [5, 5.41) is 22.8. The largest absolute Gasteiger partial charge is 0.508 e. The van der Waals surface area contributed by atoms with E-state index in [0.29, 0.717) is 35.9 Å². The van der Waals surface area contributed by atoms with E-state index in [0.717, 1.165) is 24.9 Å².